The fourth-order valence-electron chi connectivity index (χ4n) is 4.60. The van der Waals surface area contributed by atoms with Crippen LogP contribution in [0.2, 0.25) is 0 Å². The number of halogens is 1. The highest BCUT2D eigenvalue weighted by atomic mass is 127. The van der Waals surface area contributed by atoms with Gasteiger partial charge in [0.05, 0.1) is 0 Å². The molecule has 1 saturated heterocycles. The SMILES string of the molecule is CN=C(NCCN1CCc2ccccc2C1)N1CCC2(CCC2)C1.I. The third-order valence-corrected chi connectivity index (χ3v) is 6.28. The fraction of sp³-hybridized carbons (Fsp3) is 0.650. The second-order valence-electron chi connectivity index (χ2n) is 7.79. The Labute approximate surface area is 169 Å². The van der Waals surface area contributed by atoms with Crippen LogP contribution < -0.4 is 5.32 Å². The molecule has 3 aliphatic rings. The van der Waals surface area contributed by atoms with Crippen molar-refractivity contribution in [1.82, 2.24) is 15.1 Å². The zero-order valence-electron chi connectivity index (χ0n) is 15.3. The minimum absolute atomic E-state index is 0. The largest absolute Gasteiger partial charge is 0.355 e. The molecule has 1 saturated carbocycles. The second kappa shape index (κ2) is 8.25. The number of fused-ring (bicyclic) bond motifs is 1. The molecule has 1 aromatic carbocycles. The summed E-state index contributed by atoms with van der Waals surface area (Å²) in [5.41, 5.74) is 3.66. The lowest BCUT2D eigenvalue weighted by molar-refractivity contribution is 0.151. The summed E-state index contributed by atoms with van der Waals surface area (Å²) in [6.07, 6.45) is 6.81. The predicted octanol–water partition coefficient (Wildman–Crippen LogP) is 3.11. The van der Waals surface area contributed by atoms with Crippen molar-refractivity contribution in [3.05, 3.63) is 35.4 Å². The summed E-state index contributed by atoms with van der Waals surface area (Å²) < 4.78 is 0. The first-order valence-corrected chi connectivity index (χ1v) is 9.53. The van der Waals surface area contributed by atoms with Crippen molar-refractivity contribution in [2.24, 2.45) is 10.4 Å². The van der Waals surface area contributed by atoms with Crippen LogP contribution in [0.1, 0.15) is 36.8 Å². The molecular formula is C20H31IN4. The lowest BCUT2D eigenvalue weighted by Crippen LogP contribution is -2.45. The average molecular weight is 454 g/mol. The minimum atomic E-state index is 0. The van der Waals surface area contributed by atoms with Gasteiger partial charge in [0.1, 0.15) is 0 Å². The minimum Gasteiger partial charge on any atom is -0.355 e. The van der Waals surface area contributed by atoms with Crippen molar-refractivity contribution in [3.8, 4) is 0 Å². The van der Waals surface area contributed by atoms with Crippen molar-refractivity contribution >= 4 is 29.9 Å². The van der Waals surface area contributed by atoms with Crippen LogP contribution >= 0.6 is 24.0 Å². The molecule has 25 heavy (non-hydrogen) atoms. The normalized spacial score (nSPS) is 22.3. The van der Waals surface area contributed by atoms with Crippen molar-refractivity contribution < 1.29 is 0 Å². The van der Waals surface area contributed by atoms with Crippen molar-refractivity contribution in [2.75, 3.05) is 39.8 Å². The van der Waals surface area contributed by atoms with Crippen LogP contribution in [0.25, 0.3) is 0 Å². The maximum Gasteiger partial charge on any atom is 0.193 e. The lowest BCUT2D eigenvalue weighted by Gasteiger charge is -2.38. The Kier molecular flexibility index (Phi) is 6.25. The summed E-state index contributed by atoms with van der Waals surface area (Å²) in [5, 5.41) is 3.60. The van der Waals surface area contributed by atoms with E-state index in [0.29, 0.717) is 5.41 Å². The fourth-order valence-corrected chi connectivity index (χ4v) is 4.60. The number of nitrogens with zero attached hydrogens (tertiary/aromatic N) is 3. The van der Waals surface area contributed by atoms with E-state index in [4.69, 9.17) is 0 Å². The Morgan fingerprint density at radius 2 is 1.96 bits per heavy atom. The first-order chi connectivity index (χ1) is 11.8. The average Bonchev–Trinajstić information content (AvgIpc) is 3.04. The molecule has 138 valence electrons. The predicted molar refractivity (Wildman–Crippen MR) is 115 cm³/mol. The van der Waals surface area contributed by atoms with Gasteiger partial charge >= 0.3 is 0 Å². The van der Waals surface area contributed by atoms with Gasteiger partial charge in [-0.05, 0) is 42.2 Å². The van der Waals surface area contributed by atoms with Crippen molar-refractivity contribution in [3.63, 3.8) is 0 Å². The van der Waals surface area contributed by atoms with Gasteiger partial charge in [-0.1, -0.05) is 30.7 Å². The van der Waals surface area contributed by atoms with Crippen molar-refractivity contribution in [2.45, 2.75) is 38.6 Å². The van der Waals surface area contributed by atoms with Crippen LogP contribution in [-0.4, -0.2) is 55.5 Å². The van der Waals surface area contributed by atoms with Crippen molar-refractivity contribution in [1.29, 1.82) is 0 Å². The van der Waals surface area contributed by atoms with Gasteiger partial charge in [-0.25, -0.2) is 0 Å². The molecular weight excluding hydrogens is 423 g/mol. The first kappa shape index (κ1) is 19.0. The number of guanidine groups is 1. The number of rotatable bonds is 3. The van der Waals surface area contributed by atoms with Crippen LogP contribution in [0.4, 0.5) is 0 Å². The van der Waals surface area contributed by atoms with Crippen LogP contribution in [0.5, 0.6) is 0 Å². The zero-order valence-corrected chi connectivity index (χ0v) is 17.7. The van der Waals surface area contributed by atoms with Gasteiger partial charge in [0, 0.05) is 46.3 Å². The number of benzene rings is 1. The Morgan fingerprint density at radius 3 is 2.64 bits per heavy atom. The maximum atomic E-state index is 4.53. The molecule has 0 unspecified atom stereocenters. The smallest absolute Gasteiger partial charge is 0.193 e. The molecule has 4 nitrogen and oxygen atoms in total. The molecule has 1 spiro atoms. The Bertz CT molecular complexity index is 611. The molecule has 1 aromatic rings. The first-order valence-electron chi connectivity index (χ1n) is 9.53. The molecule has 4 rings (SSSR count). The highest BCUT2D eigenvalue weighted by molar-refractivity contribution is 14.0. The van der Waals surface area contributed by atoms with E-state index < -0.39 is 0 Å². The summed E-state index contributed by atoms with van der Waals surface area (Å²) in [6, 6.07) is 8.86. The van der Waals surface area contributed by atoms with E-state index in [1.54, 1.807) is 0 Å². The lowest BCUT2D eigenvalue weighted by atomic mass is 9.68. The standard InChI is InChI=1S/C20H30N4.HI/c1-21-19(24-13-10-20(16-24)8-4-9-20)22-11-14-23-12-7-17-5-2-3-6-18(17)15-23;/h2-3,5-6H,4,7-16H2,1H3,(H,21,22);1H. The number of nitrogens with one attached hydrogen (secondary N) is 1. The molecule has 0 radical (unpaired) electrons. The van der Waals surface area contributed by atoms with Gasteiger partial charge in [-0.3, -0.25) is 9.89 Å². The van der Waals surface area contributed by atoms with Crippen LogP contribution in [0, 0.1) is 5.41 Å². The summed E-state index contributed by atoms with van der Waals surface area (Å²) in [6.45, 7) is 6.72. The summed E-state index contributed by atoms with van der Waals surface area (Å²) in [4.78, 5) is 9.56. The maximum absolute atomic E-state index is 4.53. The Hall–Kier alpha value is -0.820. The molecule has 0 atom stereocenters. The van der Waals surface area contributed by atoms with Gasteiger partial charge in [0.25, 0.3) is 0 Å². The molecule has 2 aliphatic heterocycles. The van der Waals surface area contributed by atoms with E-state index in [2.05, 4.69) is 44.4 Å². The van der Waals surface area contributed by atoms with Gasteiger partial charge in [0.15, 0.2) is 5.96 Å². The third kappa shape index (κ3) is 4.13. The van der Waals surface area contributed by atoms with E-state index in [1.165, 1.54) is 62.9 Å². The van der Waals surface area contributed by atoms with E-state index in [1.807, 2.05) is 7.05 Å². The van der Waals surface area contributed by atoms with Gasteiger partial charge in [-0.2, -0.15) is 0 Å². The van der Waals surface area contributed by atoms with E-state index in [-0.39, 0.29) is 24.0 Å². The molecule has 0 bridgehead atoms. The second-order valence-corrected chi connectivity index (χ2v) is 7.79. The van der Waals surface area contributed by atoms with Crippen LogP contribution in [0.15, 0.2) is 29.3 Å². The highest BCUT2D eigenvalue weighted by Gasteiger charge is 2.43. The van der Waals surface area contributed by atoms with Gasteiger partial charge in [-0.15, -0.1) is 24.0 Å². The van der Waals surface area contributed by atoms with E-state index in [9.17, 15) is 0 Å². The quantitative estimate of drug-likeness (QED) is 0.433. The van der Waals surface area contributed by atoms with Crippen LogP contribution in [0.3, 0.4) is 0 Å². The Balaban J connectivity index is 0.00000182. The zero-order chi connectivity index (χ0) is 16.4. The summed E-state index contributed by atoms with van der Waals surface area (Å²) in [7, 11) is 1.92. The highest BCUT2D eigenvalue weighted by Crippen LogP contribution is 2.47. The Morgan fingerprint density at radius 1 is 1.16 bits per heavy atom. The number of hydrogen-bond donors (Lipinski definition) is 1. The van der Waals surface area contributed by atoms with E-state index >= 15 is 0 Å². The molecule has 0 aromatic heterocycles. The molecule has 5 heteroatoms. The van der Waals surface area contributed by atoms with Gasteiger partial charge in [0.2, 0.25) is 0 Å². The van der Waals surface area contributed by atoms with Crippen LogP contribution in [-0.2, 0) is 13.0 Å². The van der Waals surface area contributed by atoms with E-state index in [0.717, 1.165) is 25.6 Å². The number of hydrogen-bond acceptors (Lipinski definition) is 2. The number of aliphatic imine (C=N–C) groups is 1. The monoisotopic (exact) mass is 454 g/mol. The summed E-state index contributed by atoms with van der Waals surface area (Å²) >= 11 is 0. The topological polar surface area (TPSA) is 30.9 Å². The molecule has 1 N–H and O–H groups in total. The molecule has 0 amide bonds. The van der Waals surface area contributed by atoms with Gasteiger partial charge < -0.3 is 10.2 Å². The number of likely N-dealkylation sites (tertiary alicyclic amines) is 1. The molecule has 2 fully saturated rings. The molecule has 2 heterocycles. The third-order valence-electron chi connectivity index (χ3n) is 6.28. The summed E-state index contributed by atoms with van der Waals surface area (Å²) in [5.74, 6) is 1.11. The molecule has 1 aliphatic carbocycles.